The van der Waals surface area contributed by atoms with E-state index in [9.17, 15) is 25.2 Å². The number of hydrogen-bond donors (Lipinski definition) is 0. The highest BCUT2D eigenvalue weighted by Crippen LogP contribution is 2.84. The van der Waals surface area contributed by atoms with Crippen molar-refractivity contribution in [2.75, 3.05) is 0 Å². The summed E-state index contributed by atoms with van der Waals surface area (Å²) in [6, 6.07) is 0. The van der Waals surface area contributed by atoms with Crippen molar-refractivity contribution in [3.63, 3.8) is 0 Å². The van der Waals surface area contributed by atoms with E-state index in [1.165, 1.54) is 0 Å². The zero-order chi connectivity index (χ0) is 12.8. The Bertz CT molecular complexity index is 393. The van der Waals surface area contributed by atoms with Gasteiger partial charge in [-0.05, 0) is 22.5 Å². The SMILES string of the molecule is FP1(F)=NP(F)(F)=NP(Cl)(Cl)=NP(F)(F)=N1. The molecule has 0 radical (unpaired) electrons. The highest BCUT2D eigenvalue weighted by Gasteiger charge is 2.37. The first-order valence-corrected chi connectivity index (χ1v) is 10.9. The van der Waals surface area contributed by atoms with Crippen LogP contribution in [0.3, 0.4) is 0 Å². The Morgan fingerprint density at radius 1 is 0.562 bits per heavy atom. The normalized spacial score (nSPS) is 29.5. The molecule has 0 aromatic rings. The molecule has 96 valence electrons. The molecule has 0 saturated carbocycles. The second-order valence-corrected chi connectivity index (χ2v) is 12.0. The average Bonchev–Trinajstić information content (AvgIpc) is 1.67. The van der Waals surface area contributed by atoms with Crippen LogP contribution < -0.4 is 0 Å². The highest BCUT2D eigenvalue weighted by atomic mass is 35.9. The molecule has 0 spiro atoms. The van der Waals surface area contributed by atoms with Gasteiger partial charge in [-0.15, -0.1) is 34.2 Å². The van der Waals surface area contributed by atoms with Crippen LogP contribution in [0.1, 0.15) is 0 Å². The molecule has 0 aromatic carbocycles. The Morgan fingerprint density at radius 3 is 1.31 bits per heavy atom. The van der Waals surface area contributed by atoms with E-state index in [0.717, 1.165) is 0 Å². The zero-order valence-corrected chi connectivity index (χ0v) is 11.7. The summed E-state index contributed by atoms with van der Waals surface area (Å²) < 4.78 is 83.8. The summed E-state index contributed by atoms with van der Waals surface area (Å²) >= 11 is 9.99. The van der Waals surface area contributed by atoms with Gasteiger partial charge in [0.15, 0.2) is 0 Å². The minimum absolute atomic E-state index is 1.66. The topological polar surface area (TPSA) is 49.4 Å². The van der Waals surface area contributed by atoms with Crippen molar-refractivity contribution in [1.29, 1.82) is 0 Å². The minimum atomic E-state index is -6.15. The van der Waals surface area contributed by atoms with E-state index in [2.05, 4.69) is 9.03 Å². The first-order chi connectivity index (χ1) is 6.83. The minimum Gasteiger partial charge on any atom is -0.155 e. The van der Waals surface area contributed by atoms with Crippen LogP contribution in [0, 0.1) is 0 Å². The predicted molar refractivity (Wildman–Crippen MR) is 55.7 cm³/mol. The van der Waals surface area contributed by atoms with E-state index < -0.39 is 29.4 Å². The van der Waals surface area contributed by atoms with Gasteiger partial charge >= 0.3 is 23.5 Å². The lowest BCUT2D eigenvalue weighted by Gasteiger charge is -2.11. The smallest absolute Gasteiger partial charge is 0.155 e. The standard InChI is InChI=1S/Cl2F6N4P4/c1-13(2)9-14(3,4)11-16(7,8)12-15(5,6)10-13. The van der Waals surface area contributed by atoms with Crippen molar-refractivity contribution in [3.05, 3.63) is 0 Å². The van der Waals surface area contributed by atoms with Gasteiger partial charge in [0.2, 0.25) is 0 Å². The summed E-state index contributed by atoms with van der Waals surface area (Å²) in [5.74, 6) is -4.42. The Labute approximate surface area is 95.5 Å². The molecule has 0 atom stereocenters. The van der Waals surface area contributed by atoms with Crippen LogP contribution >= 0.6 is 51.9 Å². The number of halogens is 8. The molecule has 0 bridgehead atoms. The van der Waals surface area contributed by atoms with Crippen molar-refractivity contribution < 1.29 is 25.2 Å². The maximum absolute atomic E-state index is 12.7. The van der Waals surface area contributed by atoms with Crippen LogP contribution in [0.2, 0.25) is 0 Å². The van der Waals surface area contributed by atoms with Gasteiger partial charge < -0.3 is 0 Å². The van der Waals surface area contributed by atoms with Crippen LogP contribution in [0.5, 0.6) is 0 Å². The van der Waals surface area contributed by atoms with Crippen LogP contribution in [-0.2, 0) is 0 Å². The van der Waals surface area contributed by atoms with E-state index in [1.807, 2.05) is 0 Å². The summed E-state index contributed by atoms with van der Waals surface area (Å²) in [5, 5.41) is 0. The third-order valence-corrected chi connectivity index (χ3v) is 10.2. The molecule has 1 aliphatic rings. The van der Waals surface area contributed by atoms with Gasteiger partial charge in [-0.2, -0.15) is 9.03 Å². The van der Waals surface area contributed by atoms with E-state index in [1.54, 1.807) is 9.03 Å². The second-order valence-electron chi connectivity index (χ2n) is 2.18. The quantitative estimate of drug-likeness (QED) is 0.308. The van der Waals surface area contributed by atoms with Gasteiger partial charge in [-0.25, -0.2) is 0 Å². The average molecular weight is 365 g/mol. The first kappa shape index (κ1) is 15.1. The summed E-state index contributed by atoms with van der Waals surface area (Å²) in [6.45, 7) is 0. The van der Waals surface area contributed by atoms with E-state index >= 15 is 0 Å². The molecule has 0 amide bonds. The van der Waals surface area contributed by atoms with E-state index in [-0.39, 0.29) is 0 Å². The fraction of sp³-hybridized carbons (Fsp3) is 0. The van der Waals surface area contributed by atoms with Gasteiger partial charge in [-0.1, -0.05) is 0 Å². The number of rotatable bonds is 0. The third-order valence-electron chi connectivity index (χ3n) is 0.861. The van der Waals surface area contributed by atoms with Crippen LogP contribution in [0.4, 0.5) is 25.2 Å². The molecule has 1 heterocycles. The van der Waals surface area contributed by atoms with E-state index in [0.29, 0.717) is 0 Å². The lowest BCUT2D eigenvalue weighted by molar-refractivity contribution is 0.693. The van der Waals surface area contributed by atoms with Gasteiger partial charge in [0.1, 0.15) is 0 Å². The summed E-state index contributed by atoms with van der Waals surface area (Å²) in [6.07, 6.45) is 0. The predicted octanol–water partition coefficient (Wildman–Crippen LogP) is 8.08. The molecule has 0 unspecified atom stereocenters. The second kappa shape index (κ2) is 4.32. The van der Waals surface area contributed by atoms with Crippen LogP contribution in [0.25, 0.3) is 0 Å². The van der Waals surface area contributed by atoms with Gasteiger partial charge in [-0.3, -0.25) is 0 Å². The first-order valence-electron chi connectivity index (χ1n) is 2.95. The van der Waals surface area contributed by atoms with Crippen LogP contribution in [-0.4, -0.2) is 0 Å². The van der Waals surface area contributed by atoms with Gasteiger partial charge in [0, 0.05) is 0 Å². The largest absolute Gasteiger partial charge is 0.425 e. The molecule has 0 saturated heterocycles. The van der Waals surface area contributed by atoms with Crippen molar-refractivity contribution in [2.45, 2.75) is 0 Å². The summed E-state index contributed by atoms with van der Waals surface area (Å²) in [4.78, 5) is 0. The summed E-state index contributed by atoms with van der Waals surface area (Å²) in [5.41, 5.74) is 0. The van der Waals surface area contributed by atoms with Crippen molar-refractivity contribution in [2.24, 2.45) is 18.1 Å². The monoisotopic (exact) mass is 364 g/mol. The Balaban J connectivity index is 3.67. The molecule has 0 fully saturated rings. The molecule has 16 heteroatoms. The lowest BCUT2D eigenvalue weighted by atomic mass is 13.8. The molecule has 0 aromatic heterocycles. The van der Waals surface area contributed by atoms with Gasteiger partial charge in [0.05, 0.1) is 0 Å². The fourth-order valence-electron chi connectivity index (χ4n) is 0.589. The zero-order valence-electron chi connectivity index (χ0n) is 6.60. The maximum atomic E-state index is 12.7. The molecular formula is Cl2F6N4P4. The molecule has 0 N–H and O–H groups in total. The fourth-order valence-corrected chi connectivity index (χ4v) is 9.52. The molecule has 0 aliphatic carbocycles. The molecule has 1 aliphatic heterocycles. The lowest BCUT2D eigenvalue weighted by Crippen LogP contribution is -1.66. The Hall–Kier alpha value is 1.08. The van der Waals surface area contributed by atoms with Crippen molar-refractivity contribution in [1.82, 2.24) is 0 Å². The maximum Gasteiger partial charge on any atom is 0.425 e. The molecule has 1 rings (SSSR count). The molecular weight excluding hydrogens is 365 g/mol. The number of hydrogen-bond acceptors (Lipinski definition) is 4. The summed E-state index contributed by atoms with van der Waals surface area (Å²) in [7, 11) is -17.9. The number of nitrogens with zero attached hydrogens (tertiary/aromatic N) is 4. The Kier molecular flexibility index (Phi) is 4.09. The molecule has 16 heavy (non-hydrogen) atoms. The van der Waals surface area contributed by atoms with Crippen LogP contribution in [0.15, 0.2) is 18.1 Å². The van der Waals surface area contributed by atoms with E-state index in [4.69, 9.17) is 22.5 Å². The Morgan fingerprint density at radius 2 is 0.875 bits per heavy atom. The van der Waals surface area contributed by atoms with Crippen molar-refractivity contribution in [3.8, 4) is 0 Å². The highest BCUT2D eigenvalue weighted by molar-refractivity contribution is 8.12. The molecule has 4 nitrogen and oxygen atoms in total. The van der Waals surface area contributed by atoms with Gasteiger partial charge in [0.25, 0.3) is 5.91 Å². The van der Waals surface area contributed by atoms with Crippen molar-refractivity contribution >= 4 is 51.9 Å². The third kappa shape index (κ3) is 4.75.